The SMILES string of the molecule is CCS(=O)(=O)CCN1CCN(C(C)(C)C#N)CC1. The highest BCUT2D eigenvalue weighted by Crippen LogP contribution is 2.15. The van der Waals surface area contributed by atoms with Crippen LogP contribution in [0.1, 0.15) is 20.8 Å². The Bertz CT molecular complexity index is 404. The van der Waals surface area contributed by atoms with Crippen LogP contribution < -0.4 is 0 Å². The third kappa shape index (κ3) is 4.23. The van der Waals surface area contributed by atoms with Gasteiger partial charge >= 0.3 is 0 Å². The van der Waals surface area contributed by atoms with Gasteiger partial charge in [-0.2, -0.15) is 5.26 Å². The summed E-state index contributed by atoms with van der Waals surface area (Å²) in [7, 11) is -2.87. The second kappa shape index (κ2) is 6.00. The molecule has 5 nitrogen and oxygen atoms in total. The van der Waals surface area contributed by atoms with E-state index < -0.39 is 15.4 Å². The lowest BCUT2D eigenvalue weighted by Gasteiger charge is -2.40. The number of piperazine rings is 1. The Balaban J connectivity index is 2.39. The van der Waals surface area contributed by atoms with Crippen molar-refractivity contribution in [3.05, 3.63) is 0 Å². The maximum Gasteiger partial charge on any atom is 0.151 e. The minimum atomic E-state index is -2.87. The van der Waals surface area contributed by atoms with Crippen molar-refractivity contribution in [3.63, 3.8) is 0 Å². The molecule has 6 heteroatoms. The Labute approximate surface area is 110 Å². The van der Waals surface area contributed by atoms with Crippen LogP contribution >= 0.6 is 0 Å². The molecule has 1 heterocycles. The molecule has 1 saturated heterocycles. The fourth-order valence-corrected chi connectivity index (χ4v) is 2.84. The Morgan fingerprint density at radius 1 is 1.22 bits per heavy atom. The maximum absolute atomic E-state index is 11.4. The van der Waals surface area contributed by atoms with Crippen molar-refractivity contribution in [1.29, 1.82) is 5.26 Å². The molecule has 0 unspecified atom stereocenters. The third-order valence-electron chi connectivity index (χ3n) is 3.59. The second-order valence-electron chi connectivity index (χ2n) is 5.24. The molecule has 0 amide bonds. The molecule has 0 bridgehead atoms. The van der Waals surface area contributed by atoms with E-state index in [1.54, 1.807) is 6.92 Å². The molecule has 1 aliphatic rings. The molecule has 0 spiro atoms. The predicted octanol–water partition coefficient (Wildman–Crippen LogP) is 0.341. The van der Waals surface area contributed by atoms with Gasteiger partial charge in [0.2, 0.25) is 0 Å². The molecule has 0 saturated carbocycles. The normalized spacial score (nSPS) is 19.7. The van der Waals surface area contributed by atoms with Crippen LogP contribution in [0.5, 0.6) is 0 Å². The number of nitriles is 1. The first kappa shape index (κ1) is 15.4. The molecule has 0 atom stereocenters. The quantitative estimate of drug-likeness (QED) is 0.723. The van der Waals surface area contributed by atoms with Crippen molar-refractivity contribution < 1.29 is 8.42 Å². The molecule has 0 aliphatic carbocycles. The first-order chi connectivity index (χ1) is 8.30. The monoisotopic (exact) mass is 273 g/mol. The van der Waals surface area contributed by atoms with Crippen LogP contribution in [-0.4, -0.2) is 68.0 Å². The van der Waals surface area contributed by atoms with Crippen molar-refractivity contribution in [2.45, 2.75) is 26.3 Å². The summed E-state index contributed by atoms with van der Waals surface area (Å²) in [5, 5.41) is 9.07. The molecule has 18 heavy (non-hydrogen) atoms. The topological polar surface area (TPSA) is 64.4 Å². The average molecular weight is 273 g/mol. The fraction of sp³-hybridized carbons (Fsp3) is 0.917. The number of hydrogen-bond acceptors (Lipinski definition) is 5. The van der Waals surface area contributed by atoms with E-state index in [0.29, 0.717) is 6.54 Å². The first-order valence-electron chi connectivity index (χ1n) is 6.40. The van der Waals surface area contributed by atoms with Crippen LogP contribution in [0.25, 0.3) is 0 Å². The van der Waals surface area contributed by atoms with E-state index in [9.17, 15) is 8.42 Å². The summed E-state index contributed by atoms with van der Waals surface area (Å²) < 4.78 is 22.9. The zero-order valence-electron chi connectivity index (χ0n) is 11.5. The van der Waals surface area contributed by atoms with Crippen molar-refractivity contribution in [1.82, 2.24) is 9.80 Å². The summed E-state index contributed by atoms with van der Waals surface area (Å²) in [5.41, 5.74) is -0.429. The second-order valence-corrected chi connectivity index (χ2v) is 7.71. The van der Waals surface area contributed by atoms with E-state index in [0.717, 1.165) is 26.2 Å². The molecule has 1 aliphatic heterocycles. The minimum absolute atomic E-state index is 0.217. The summed E-state index contributed by atoms with van der Waals surface area (Å²) in [5.74, 6) is 0.458. The summed E-state index contributed by atoms with van der Waals surface area (Å²) >= 11 is 0. The van der Waals surface area contributed by atoms with Crippen LogP contribution in [0, 0.1) is 11.3 Å². The Hall–Kier alpha value is -0.640. The molecule has 0 aromatic heterocycles. The first-order valence-corrected chi connectivity index (χ1v) is 8.22. The van der Waals surface area contributed by atoms with Gasteiger partial charge in [-0.1, -0.05) is 6.92 Å². The van der Waals surface area contributed by atoms with Crippen LogP contribution in [0.15, 0.2) is 0 Å². The lowest BCUT2D eigenvalue weighted by Crippen LogP contribution is -2.54. The van der Waals surface area contributed by atoms with Gasteiger partial charge in [-0.25, -0.2) is 8.42 Å². The molecule has 0 N–H and O–H groups in total. The molecular formula is C12H23N3O2S. The minimum Gasteiger partial charge on any atom is -0.300 e. The average Bonchev–Trinajstić information content (AvgIpc) is 2.37. The van der Waals surface area contributed by atoms with Crippen LogP contribution in [0.2, 0.25) is 0 Å². The summed E-state index contributed by atoms with van der Waals surface area (Å²) in [6.45, 7) is 9.46. The van der Waals surface area contributed by atoms with Gasteiger partial charge < -0.3 is 0 Å². The standard InChI is InChI=1S/C12H23N3O2S/c1-4-18(16,17)10-9-14-5-7-15(8-6-14)12(2,3)11-13/h4-10H2,1-3H3. The fourth-order valence-electron chi connectivity index (χ4n) is 2.01. The van der Waals surface area contributed by atoms with Crippen molar-refractivity contribution >= 4 is 9.84 Å². The van der Waals surface area contributed by atoms with E-state index in [1.165, 1.54) is 0 Å². The van der Waals surface area contributed by atoms with Gasteiger partial charge in [0.05, 0.1) is 11.8 Å². The number of hydrogen-bond donors (Lipinski definition) is 0. The lowest BCUT2D eigenvalue weighted by molar-refractivity contribution is 0.0834. The number of sulfone groups is 1. The highest BCUT2D eigenvalue weighted by molar-refractivity contribution is 7.91. The van der Waals surface area contributed by atoms with Crippen molar-refractivity contribution in [2.75, 3.05) is 44.2 Å². The van der Waals surface area contributed by atoms with Gasteiger partial charge in [-0.3, -0.25) is 9.80 Å². The molecule has 0 aromatic rings. The molecule has 1 fully saturated rings. The van der Waals surface area contributed by atoms with Crippen LogP contribution in [0.4, 0.5) is 0 Å². The Morgan fingerprint density at radius 2 is 1.78 bits per heavy atom. The zero-order chi connectivity index (χ0) is 13.8. The highest BCUT2D eigenvalue weighted by atomic mass is 32.2. The van der Waals surface area contributed by atoms with E-state index >= 15 is 0 Å². The van der Waals surface area contributed by atoms with Gasteiger partial charge in [-0.15, -0.1) is 0 Å². The third-order valence-corrected chi connectivity index (χ3v) is 5.28. The van der Waals surface area contributed by atoms with Gasteiger partial charge in [0.15, 0.2) is 9.84 Å². The number of nitrogens with zero attached hydrogens (tertiary/aromatic N) is 3. The Kier molecular flexibility index (Phi) is 5.14. The van der Waals surface area contributed by atoms with Gasteiger partial charge in [0, 0.05) is 38.5 Å². The number of rotatable bonds is 5. The van der Waals surface area contributed by atoms with Crippen LogP contribution in [0.3, 0.4) is 0 Å². The molecule has 0 radical (unpaired) electrons. The van der Waals surface area contributed by atoms with Crippen LogP contribution in [-0.2, 0) is 9.84 Å². The lowest BCUT2D eigenvalue weighted by atomic mass is 10.0. The summed E-state index contributed by atoms with van der Waals surface area (Å²) in [6, 6.07) is 2.30. The smallest absolute Gasteiger partial charge is 0.151 e. The van der Waals surface area contributed by atoms with E-state index in [-0.39, 0.29) is 11.5 Å². The molecule has 0 aromatic carbocycles. The van der Waals surface area contributed by atoms with E-state index in [1.807, 2.05) is 13.8 Å². The molecule has 1 rings (SSSR count). The van der Waals surface area contributed by atoms with Gasteiger partial charge in [0.1, 0.15) is 5.54 Å². The van der Waals surface area contributed by atoms with Crippen molar-refractivity contribution in [3.8, 4) is 6.07 Å². The van der Waals surface area contributed by atoms with Gasteiger partial charge in [0.25, 0.3) is 0 Å². The summed E-state index contributed by atoms with van der Waals surface area (Å²) in [4.78, 5) is 4.31. The molecule has 104 valence electrons. The largest absolute Gasteiger partial charge is 0.300 e. The van der Waals surface area contributed by atoms with Gasteiger partial charge in [-0.05, 0) is 13.8 Å². The predicted molar refractivity (Wildman–Crippen MR) is 72.0 cm³/mol. The van der Waals surface area contributed by atoms with E-state index in [2.05, 4.69) is 15.9 Å². The highest BCUT2D eigenvalue weighted by Gasteiger charge is 2.29. The summed E-state index contributed by atoms with van der Waals surface area (Å²) in [6.07, 6.45) is 0. The van der Waals surface area contributed by atoms with Crippen molar-refractivity contribution in [2.24, 2.45) is 0 Å². The maximum atomic E-state index is 11.4. The zero-order valence-corrected chi connectivity index (χ0v) is 12.3. The van der Waals surface area contributed by atoms with E-state index in [4.69, 9.17) is 5.26 Å². The Morgan fingerprint density at radius 3 is 2.22 bits per heavy atom. The molecular weight excluding hydrogens is 250 g/mol.